The van der Waals surface area contributed by atoms with E-state index in [9.17, 15) is 4.79 Å². The number of carbonyl (C=O) groups excluding carboxylic acids is 1. The number of amides is 1. The topological polar surface area (TPSA) is 41.1 Å². The van der Waals surface area contributed by atoms with E-state index in [1.54, 1.807) is 0 Å². The van der Waals surface area contributed by atoms with Crippen LogP contribution in [0.15, 0.2) is 0 Å². The van der Waals surface area contributed by atoms with Gasteiger partial charge in [-0.3, -0.25) is 4.79 Å². The number of hydrogen-bond donors (Lipinski definition) is 2. The summed E-state index contributed by atoms with van der Waals surface area (Å²) in [5.74, 6) is 0.211. The van der Waals surface area contributed by atoms with Crippen molar-refractivity contribution in [1.82, 2.24) is 10.6 Å². The molecule has 0 bridgehead atoms. The third-order valence-electron chi connectivity index (χ3n) is 3.29. The zero-order valence-corrected chi connectivity index (χ0v) is 10.7. The highest BCUT2D eigenvalue weighted by molar-refractivity contribution is 5.76. The van der Waals surface area contributed by atoms with Gasteiger partial charge in [0.15, 0.2) is 0 Å². The summed E-state index contributed by atoms with van der Waals surface area (Å²) in [6.45, 7) is 5.17. The van der Waals surface area contributed by atoms with Crippen molar-refractivity contribution in [2.75, 3.05) is 6.54 Å². The molecule has 0 aromatic heterocycles. The van der Waals surface area contributed by atoms with Gasteiger partial charge in [0, 0.05) is 25.0 Å². The Balaban J connectivity index is 2.01. The molecule has 16 heavy (non-hydrogen) atoms. The smallest absolute Gasteiger partial charge is 0.221 e. The first-order valence-electron chi connectivity index (χ1n) is 6.75. The van der Waals surface area contributed by atoms with Gasteiger partial charge in [0.2, 0.25) is 5.91 Å². The number of hydrogen-bond acceptors (Lipinski definition) is 2. The van der Waals surface area contributed by atoms with Crippen LogP contribution in [0.3, 0.4) is 0 Å². The predicted molar refractivity (Wildman–Crippen MR) is 67.4 cm³/mol. The molecule has 0 aromatic carbocycles. The summed E-state index contributed by atoms with van der Waals surface area (Å²) in [6.07, 6.45) is 7.89. The van der Waals surface area contributed by atoms with Crippen LogP contribution in [0.4, 0.5) is 0 Å². The molecule has 1 atom stereocenters. The maximum Gasteiger partial charge on any atom is 0.221 e. The maximum atomic E-state index is 11.6. The number of carbonyl (C=O) groups is 1. The Labute approximate surface area is 99.4 Å². The van der Waals surface area contributed by atoms with Crippen LogP contribution >= 0.6 is 0 Å². The fraction of sp³-hybridized carbons (Fsp3) is 0.923. The molecule has 0 aromatic rings. The lowest BCUT2D eigenvalue weighted by atomic mass is 10.2. The van der Waals surface area contributed by atoms with E-state index in [2.05, 4.69) is 24.5 Å². The molecular weight excluding hydrogens is 200 g/mol. The molecule has 1 rings (SSSR count). The van der Waals surface area contributed by atoms with Gasteiger partial charge in [-0.2, -0.15) is 0 Å². The molecule has 1 aliphatic rings. The summed E-state index contributed by atoms with van der Waals surface area (Å²) >= 11 is 0. The lowest BCUT2D eigenvalue weighted by Gasteiger charge is -2.14. The molecule has 1 saturated carbocycles. The summed E-state index contributed by atoms with van der Waals surface area (Å²) < 4.78 is 0. The lowest BCUT2D eigenvalue weighted by molar-refractivity contribution is -0.121. The van der Waals surface area contributed by atoms with Gasteiger partial charge < -0.3 is 10.6 Å². The Bertz CT molecular complexity index is 200. The summed E-state index contributed by atoms with van der Waals surface area (Å²) in [5.41, 5.74) is 0. The van der Waals surface area contributed by atoms with Crippen molar-refractivity contribution in [2.45, 2.75) is 70.9 Å². The third kappa shape index (κ3) is 5.50. The van der Waals surface area contributed by atoms with Crippen molar-refractivity contribution in [2.24, 2.45) is 0 Å². The molecule has 1 amide bonds. The van der Waals surface area contributed by atoms with Crippen molar-refractivity contribution in [3.05, 3.63) is 0 Å². The predicted octanol–water partition coefficient (Wildman–Crippen LogP) is 2.21. The van der Waals surface area contributed by atoms with E-state index >= 15 is 0 Å². The van der Waals surface area contributed by atoms with Crippen molar-refractivity contribution < 1.29 is 4.79 Å². The summed E-state index contributed by atoms with van der Waals surface area (Å²) in [6, 6.07) is 0.991. The first-order chi connectivity index (χ1) is 7.72. The minimum atomic E-state index is 0.211. The summed E-state index contributed by atoms with van der Waals surface area (Å²) in [7, 11) is 0. The molecule has 0 aliphatic heterocycles. The minimum absolute atomic E-state index is 0.211. The van der Waals surface area contributed by atoms with Crippen LogP contribution in [-0.2, 0) is 4.79 Å². The quantitative estimate of drug-likeness (QED) is 0.699. The average Bonchev–Trinajstić information content (AvgIpc) is 2.70. The fourth-order valence-electron chi connectivity index (χ4n) is 2.34. The van der Waals surface area contributed by atoms with Crippen LogP contribution in [-0.4, -0.2) is 24.5 Å². The zero-order chi connectivity index (χ0) is 11.8. The molecule has 0 radical (unpaired) electrons. The Hall–Kier alpha value is -0.570. The van der Waals surface area contributed by atoms with Gasteiger partial charge in [0.05, 0.1) is 0 Å². The van der Waals surface area contributed by atoms with E-state index in [4.69, 9.17) is 0 Å². The number of rotatable bonds is 7. The first kappa shape index (κ1) is 13.5. The summed E-state index contributed by atoms with van der Waals surface area (Å²) in [4.78, 5) is 11.6. The Morgan fingerprint density at radius 1 is 1.38 bits per heavy atom. The number of nitrogens with one attached hydrogen (secondary N) is 2. The van der Waals surface area contributed by atoms with E-state index in [0.29, 0.717) is 18.5 Å². The molecule has 3 heteroatoms. The molecule has 0 spiro atoms. The maximum absolute atomic E-state index is 11.6. The standard InChI is InChI=1S/C13H26N2O/c1-3-6-11(2)14-10-9-13(16)15-12-7-4-5-8-12/h11-12,14H,3-10H2,1-2H3,(H,15,16). The van der Waals surface area contributed by atoms with Gasteiger partial charge in [-0.05, 0) is 26.2 Å². The molecule has 0 heterocycles. The highest BCUT2D eigenvalue weighted by Crippen LogP contribution is 2.17. The summed E-state index contributed by atoms with van der Waals surface area (Å²) in [5, 5.41) is 6.48. The fourth-order valence-corrected chi connectivity index (χ4v) is 2.34. The lowest BCUT2D eigenvalue weighted by Crippen LogP contribution is -2.36. The zero-order valence-electron chi connectivity index (χ0n) is 10.7. The van der Waals surface area contributed by atoms with Crippen molar-refractivity contribution in [1.29, 1.82) is 0 Å². The third-order valence-corrected chi connectivity index (χ3v) is 3.29. The minimum Gasteiger partial charge on any atom is -0.353 e. The molecular formula is C13H26N2O. The van der Waals surface area contributed by atoms with Crippen LogP contribution in [0, 0.1) is 0 Å². The SMILES string of the molecule is CCCC(C)NCCC(=O)NC1CCCC1. The Kier molecular flexibility index (Phi) is 6.46. The second-order valence-electron chi connectivity index (χ2n) is 4.94. The molecule has 1 unspecified atom stereocenters. The van der Waals surface area contributed by atoms with Gasteiger partial charge >= 0.3 is 0 Å². The van der Waals surface area contributed by atoms with Crippen molar-refractivity contribution in [3.8, 4) is 0 Å². The van der Waals surface area contributed by atoms with Gasteiger partial charge in [0.1, 0.15) is 0 Å². The largest absolute Gasteiger partial charge is 0.353 e. The van der Waals surface area contributed by atoms with Gasteiger partial charge in [-0.25, -0.2) is 0 Å². The highest BCUT2D eigenvalue weighted by Gasteiger charge is 2.16. The van der Waals surface area contributed by atoms with E-state index in [1.807, 2.05) is 0 Å². The van der Waals surface area contributed by atoms with Crippen molar-refractivity contribution in [3.63, 3.8) is 0 Å². The van der Waals surface area contributed by atoms with E-state index < -0.39 is 0 Å². The molecule has 2 N–H and O–H groups in total. The van der Waals surface area contributed by atoms with Crippen LogP contribution < -0.4 is 10.6 Å². The van der Waals surface area contributed by atoms with Gasteiger partial charge in [-0.1, -0.05) is 26.2 Å². The highest BCUT2D eigenvalue weighted by atomic mass is 16.1. The van der Waals surface area contributed by atoms with Crippen LogP contribution in [0.2, 0.25) is 0 Å². The van der Waals surface area contributed by atoms with Crippen molar-refractivity contribution >= 4 is 5.91 Å². The normalized spacial score (nSPS) is 18.6. The molecule has 94 valence electrons. The molecule has 0 saturated heterocycles. The first-order valence-corrected chi connectivity index (χ1v) is 6.75. The second kappa shape index (κ2) is 7.66. The monoisotopic (exact) mass is 226 g/mol. The molecule has 1 aliphatic carbocycles. The second-order valence-corrected chi connectivity index (χ2v) is 4.94. The van der Waals surface area contributed by atoms with Gasteiger partial charge in [-0.15, -0.1) is 0 Å². The van der Waals surface area contributed by atoms with E-state index in [-0.39, 0.29) is 5.91 Å². The van der Waals surface area contributed by atoms with Crippen LogP contribution in [0.5, 0.6) is 0 Å². The van der Waals surface area contributed by atoms with Gasteiger partial charge in [0.25, 0.3) is 0 Å². The Morgan fingerprint density at radius 2 is 2.06 bits per heavy atom. The van der Waals surface area contributed by atoms with E-state index in [1.165, 1.54) is 38.5 Å². The molecule has 1 fully saturated rings. The average molecular weight is 226 g/mol. The Morgan fingerprint density at radius 3 is 2.69 bits per heavy atom. The van der Waals surface area contributed by atoms with Crippen LogP contribution in [0.25, 0.3) is 0 Å². The molecule has 3 nitrogen and oxygen atoms in total. The van der Waals surface area contributed by atoms with Crippen LogP contribution in [0.1, 0.15) is 58.8 Å². The van der Waals surface area contributed by atoms with E-state index in [0.717, 1.165) is 6.54 Å².